The van der Waals surface area contributed by atoms with E-state index in [0.29, 0.717) is 13.1 Å². The van der Waals surface area contributed by atoms with Crippen LogP contribution in [-0.2, 0) is 4.74 Å². The first-order valence-electron chi connectivity index (χ1n) is 8.88. The predicted octanol–water partition coefficient (Wildman–Crippen LogP) is 1.57. The quantitative estimate of drug-likeness (QED) is 0.653. The lowest BCUT2D eigenvalue weighted by molar-refractivity contribution is 0.0695. The number of carboxylic acids is 1. The van der Waals surface area contributed by atoms with Crippen LogP contribution in [0.4, 0.5) is 15.8 Å². The highest BCUT2D eigenvalue weighted by molar-refractivity contribution is 6.38. The molecule has 0 bridgehead atoms. The van der Waals surface area contributed by atoms with Gasteiger partial charge in [0.1, 0.15) is 5.56 Å². The first kappa shape index (κ1) is 19.0. The Morgan fingerprint density at radius 3 is 2.61 bits per heavy atom. The third-order valence-corrected chi connectivity index (χ3v) is 5.82. The van der Waals surface area contributed by atoms with Crippen molar-refractivity contribution in [2.45, 2.75) is 31.0 Å². The molecule has 2 heterocycles. The Morgan fingerprint density at radius 2 is 2.07 bits per heavy atom. The molecule has 1 saturated carbocycles. The second-order valence-corrected chi connectivity index (χ2v) is 7.65. The van der Waals surface area contributed by atoms with Crippen molar-refractivity contribution in [1.29, 1.82) is 0 Å². The Morgan fingerprint density at radius 1 is 1.39 bits per heavy atom. The van der Waals surface area contributed by atoms with Gasteiger partial charge in [-0.15, -0.1) is 0 Å². The van der Waals surface area contributed by atoms with E-state index in [0.717, 1.165) is 12.8 Å². The van der Waals surface area contributed by atoms with Crippen molar-refractivity contribution in [2.75, 3.05) is 30.8 Å². The van der Waals surface area contributed by atoms with Crippen LogP contribution in [0.1, 0.15) is 29.2 Å². The Bertz CT molecular complexity index is 1050. The van der Waals surface area contributed by atoms with E-state index < -0.39 is 28.5 Å². The summed E-state index contributed by atoms with van der Waals surface area (Å²) in [4.78, 5) is 25.9. The largest absolute Gasteiger partial charge is 0.477 e. The highest BCUT2D eigenvalue weighted by Crippen LogP contribution is 2.44. The molecular formula is C18H20ClFN4O4. The number of fused-ring (bicyclic) bond motifs is 1. The highest BCUT2D eigenvalue weighted by Gasteiger charge is 2.36. The summed E-state index contributed by atoms with van der Waals surface area (Å²) in [5, 5.41) is 9.19. The first-order chi connectivity index (χ1) is 13.3. The number of hydrogen-bond donors (Lipinski definition) is 3. The molecule has 2 atom stereocenters. The molecule has 28 heavy (non-hydrogen) atoms. The van der Waals surface area contributed by atoms with E-state index in [2.05, 4.69) is 0 Å². The molecule has 2 unspecified atom stereocenters. The zero-order chi connectivity index (χ0) is 20.3. The second kappa shape index (κ2) is 6.61. The topological polar surface area (TPSA) is 124 Å². The molecule has 5 N–H and O–H groups in total. The van der Waals surface area contributed by atoms with Crippen molar-refractivity contribution in [3.8, 4) is 0 Å². The maximum atomic E-state index is 15.2. The number of nitrogens with zero attached hydrogens (tertiary/aromatic N) is 2. The van der Waals surface area contributed by atoms with Crippen molar-refractivity contribution in [3.63, 3.8) is 0 Å². The number of benzene rings is 1. The number of nitrogen functional groups attached to an aromatic ring is 1. The minimum absolute atomic E-state index is 0.0102. The Balaban J connectivity index is 2.03. The summed E-state index contributed by atoms with van der Waals surface area (Å²) in [6, 6.07) is -0.346. The van der Waals surface area contributed by atoms with Crippen LogP contribution in [0.5, 0.6) is 0 Å². The normalized spacial score (nSPS) is 22.2. The number of halogens is 2. The number of pyridine rings is 1. The van der Waals surface area contributed by atoms with Crippen LogP contribution in [0, 0.1) is 5.82 Å². The molecule has 1 aliphatic carbocycles. The van der Waals surface area contributed by atoms with Gasteiger partial charge in [-0.2, -0.15) is 0 Å². The van der Waals surface area contributed by atoms with Crippen molar-refractivity contribution in [1.82, 2.24) is 4.57 Å². The van der Waals surface area contributed by atoms with Gasteiger partial charge in [0, 0.05) is 32.4 Å². The first-order valence-corrected chi connectivity index (χ1v) is 9.25. The third-order valence-electron chi connectivity index (χ3n) is 5.46. The summed E-state index contributed by atoms with van der Waals surface area (Å²) in [6.45, 7) is 0.626. The molecule has 10 heteroatoms. The summed E-state index contributed by atoms with van der Waals surface area (Å²) < 4.78 is 22.2. The summed E-state index contributed by atoms with van der Waals surface area (Å²) in [5.41, 5.74) is 10.6. The number of aromatic nitrogens is 1. The Kier molecular flexibility index (Phi) is 4.48. The average molecular weight is 411 g/mol. The summed E-state index contributed by atoms with van der Waals surface area (Å²) >= 11 is 6.59. The lowest BCUT2D eigenvalue weighted by atomic mass is 10.1. The Labute approximate surface area is 164 Å². The minimum atomic E-state index is -1.39. The zero-order valence-electron chi connectivity index (χ0n) is 15.1. The molecule has 0 radical (unpaired) electrons. The highest BCUT2D eigenvalue weighted by atomic mass is 35.5. The number of carboxylic acid groups (broad SMARTS) is 1. The molecule has 2 fully saturated rings. The molecule has 0 spiro atoms. The molecule has 1 aromatic carbocycles. The molecule has 4 rings (SSSR count). The van der Waals surface area contributed by atoms with Crippen LogP contribution in [0.25, 0.3) is 10.9 Å². The fourth-order valence-electron chi connectivity index (χ4n) is 3.85. The fraction of sp³-hybridized carbons (Fsp3) is 0.444. The lowest BCUT2D eigenvalue weighted by Gasteiger charge is -2.24. The van der Waals surface area contributed by atoms with E-state index >= 15 is 4.39 Å². The molecule has 150 valence electrons. The summed E-state index contributed by atoms with van der Waals surface area (Å²) in [6.07, 6.45) is 2.58. The van der Waals surface area contributed by atoms with E-state index in [1.165, 1.54) is 13.3 Å². The van der Waals surface area contributed by atoms with Crippen LogP contribution in [0.3, 0.4) is 0 Å². The van der Waals surface area contributed by atoms with Crippen molar-refractivity contribution < 1.29 is 19.0 Å². The van der Waals surface area contributed by atoms with Crippen molar-refractivity contribution in [2.24, 2.45) is 5.73 Å². The maximum Gasteiger partial charge on any atom is 0.341 e. The van der Waals surface area contributed by atoms with Gasteiger partial charge in [0.25, 0.3) is 0 Å². The molecular weight excluding hydrogens is 391 g/mol. The van der Waals surface area contributed by atoms with Gasteiger partial charge in [-0.1, -0.05) is 11.6 Å². The van der Waals surface area contributed by atoms with E-state index in [4.69, 9.17) is 27.8 Å². The van der Waals surface area contributed by atoms with E-state index in [1.807, 2.05) is 0 Å². The lowest BCUT2D eigenvalue weighted by Crippen LogP contribution is -2.34. The van der Waals surface area contributed by atoms with E-state index in [1.54, 1.807) is 9.47 Å². The van der Waals surface area contributed by atoms with Gasteiger partial charge >= 0.3 is 5.97 Å². The van der Waals surface area contributed by atoms with E-state index in [9.17, 15) is 14.7 Å². The number of ether oxygens (including phenoxy) is 1. The van der Waals surface area contributed by atoms with Crippen LogP contribution >= 0.6 is 11.6 Å². The number of hydrogen-bond acceptors (Lipinski definition) is 6. The Hall–Kier alpha value is -2.36. The molecule has 2 aromatic rings. The minimum Gasteiger partial charge on any atom is -0.477 e. The van der Waals surface area contributed by atoms with Gasteiger partial charge < -0.3 is 30.8 Å². The fourth-order valence-corrected chi connectivity index (χ4v) is 4.25. The molecule has 1 aliphatic heterocycles. The molecule has 8 nitrogen and oxygen atoms in total. The molecule has 1 aromatic heterocycles. The number of aromatic carboxylic acids is 1. The van der Waals surface area contributed by atoms with Crippen LogP contribution < -0.4 is 21.8 Å². The van der Waals surface area contributed by atoms with Gasteiger partial charge in [-0.25, -0.2) is 9.18 Å². The van der Waals surface area contributed by atoms with Crippen molar-refractivity contribution in [3.05, 3.63) is 32.8 Å². The SMILES string of the molecule is COC1CN(c2c(F)c(N)c3c(=O)c(C(=O)O)cn(C4CC4)c3c2Cl)CC1N. The number of anilines is 2. The number of methoxy groups -OCH3 is 1. The van der Waals surface area contributed by atoms with Crippen molar-refractivity contribution >= 4 is 39.8 Å². The molecule has 1 saturated heterocycles. The van der Waals surface area contributed by atoms with Crippen LogP contribution in [0.2, 0.25) is 5.02 Å². The monoisotopic (exact) mass is 410 g/mol. The van der Waals surface area contributed by atoms with Crippen LogP contribution in [-0.4, -0.2) is 48.0 Å². The standard InChI is InChI=1S/C18H20ClFN4O4/c1-28-10-6-23(5-9(10)21)16-12(19)15-11(14(22)13(16)20)17(25)8(18(26)27)4-24(15)7-2-3-7/h4,7,9-10H,2-3,5-6,21-22H2,1H3,(H,26,27). The molecule has 2 aliphatic rings. The number of rotatable bonds is 4. The van der Waals surface area contributed by atoms with Gasteiger partial charge in [0.05, 0.1) is 39.4 Å². The predicted molar refractivity (Wildman–Crippen MR) is 104 cm³/mol. The zero-order valence-corrected chi connectivity index (χ0v) is 15.9. The average Bonchev–Trinajstić information content (AvgIpc) is 3.42. The van der Waals surface area contributed by atoms with Gasteiger partial charge in [0.15, 0.2) is 5.82 Å². The second-order valence-electron chi connectivity index (χ2n) is 7.27. The van der Waals surface area contributed by atoms with Gasteiger partial charge in [-0.05, 0) is 12.8 Å². The third kappa shape index (κ3) is 2.73. The maximum absolute atomic E-state index is 15.2. The van der Waals surface area contributed by atoms with E-state index in [-0.39, 0.29) is 39.8 Å². The smallest absolute Gasteiger partial charge is 0.341 e. The number of carbonyl (C=O) groups is 1. The summed E-state index contributed by atoms with van der Waals surface area (Å²) in [7, 11) is 1.53. The number of nitrogens with two attached hydrogens (primary N) is 2. The van der Waals surface area contributed by atoms with Crippen LogP contribution in [0.15, 0.2) is 11.0 Å². The summed E-state index contributed by atoms with van der Waals surface area (Å²) in [5.74, 6) is -2.25. The van der Waals surface area contributed by atoms with Gasteiger partial charge in [-0.3, -0.25) is 4.79 Å². The molecule has 0 amide bonds. The van der Waals surface area contributed by atoms with Gasteiger partial charge in [0.2, 0.25) is 5.43 Å².